The highest BCUT2D eigenvalue weighted by Gasteiger charge is 2.17. The third-order valence-corrected chi connectivity index (χ3v) is 2.26. The molecule has 0 saturated carbocycles. The van der Waals surface area contributed by atoms with Gasteiger partial charge >= 0.3 is 5.69 Å². The van der Waals surface area contributed by atoms with E-state index in [2.05, 4.69) is 20.5 Å². The number of ether oxygens (including phenoxy) is 1. The summed E-state index contributed by atoms with van der Waals surface area (Å²) in [6.45, 7) is 0. The van der Waals surface area contributed by atoms with E-state index < -0.39 is 10.8 Å². The molecule has 0 atom stereocenters. The van der Waals surface area contributed by atoms with E-state index in [0.717, 1.165) is 0 Å². The molecule has 9 nitrogen and oxygen atoms in total. The summed E-state index contributed by atoms with van der Waals surface area (Å²) in [5, 5.41) is 19.2. The van der Waals surface area contributed by atoms with Crippen molar-refractivity contribution in [1.82, 2.24) is 15.2 Å². The molecular weight excluding hydrogens is 254 g/mol. The second-order valence-corrected chi connectivity index (χ2v) is 3.43. The molecule has 2 rings (SSSR count). The predicted molar refractivity (Wildman–Crippen MR) is 64.0 cm³/mol. The molecule has 0 aliphatic heterocycles. The van der Waals surface area contributed by atoms with Gasteiger partial charge in [-0.1, -0.05) is 0 Å². The Balaban J connectivity index is 2.24. The summed E-state index contributed by atoms with van der Waals surface area (Å²) in [6, 6.07) is 4.08. The van der Waals surface area contributed by atoms with Crippen LogP contribution in [-0.4, -0.2) is 33.1 Å². The van der Waals surface area contributed by atoms with E-state index in [1.54, 1.807) is 0 Å². The van der Waals surface area contributed by atoms with Crippen molar-refractivity contribution in [2.24, 2.45) is 0 Å². The first kappa shape index (κ1) is 12.5. The first-order valence-electron chi connectivity index (χ1n) is 5.11. The molecule has 98 valence electrons. The van der Waals surface area contributed by atoms with Crippen molar-refractivity contribution in [3.63, 3.8) is 0 Å². The highest BCUT2D eigenvalue weighted by Crippen LogP contribution is 2.29. The average Bonchev–Trinajstić information content (AvgIpc) is 2.92. The van der Waals surface area contributed by atoms with Crippen LogP contribution in [0.4, 0.5) is 11.4 Å². The van der Waals surface area contributed by atoms with E-state index in [0.29, 0.717) is 0 Å². The van der Waals surface area contributed by atoms with Gasteiger partial charge in [0, 0.05) is 11.8 Å². The number of aromatic nitrogens is 3. The first-order chi connectivity index (χ1) is 9.11. The van der Waals surface area contributed by atoms with Crippen LogP contribution in [0.2, 0.25) is 0 Å². The Kier molecular flexibility index (Phi) is 3.37. The second kappa shape index (κ2) is 5.12. The Morgan fingerprint density at radius 3 is 2.89 bits per heavy atom. The molecule has 0 aliphatic rings. The average molecular weight is 263 g/mol. The number of nitro benzene ring substituents is 1. The number of nitrogens with zero attached hydrogens (tertiary/aromatic N) is 3. The van der Waals surface area contributed by atoms with Gasteiger partial charge in [0.05, 0.1) is 12.0 Å². The second-order valence-electron chi connectivity index (χ2n) is 3.43. The Bertz CT molecular complexity index is 610. The van der Waals surface area contributed by atoms with Gasteiger partial charge in [0.15, 0.2) is 5.75 Å². The molecule has 1 aromatic carbocycles. The fraction of sp³-hybridized carbons (Fsp3) is 0.100. The van der Waals surface area contributed by atoms with Crippen LogP contribution in [0, 0.1) is 10.1 Å². The van der Waals surface area contributed by atoms with Gasteiger partial charge in [-0.2, -0.15) is 5.10 Å². The monoisotopic (exact) mass is 263 g/mol. The minimum atomic E-state index is -0.594. The minimum Gasteiger partial charge on any atom is -0.490 e. The number of hydrogen-bond acceptors (Lipinski definition) is 6. The number of rotatable bonds is 4. The number of amides is 1. The van der Waals surface area contributed by atoms with Crippen LogP contribution in [0.3, 0.4) is 0 Å². The lowest BCUT2D eigenvalue weighted by molar-refractivity contribution is -0.385. The molecule has 9 heteroatoms. The lowest BCUT2D eigenvalue weighted by atomic mass is 10.2. The molecule has 1 aromatic heterocycles. The highest BCUT2D eigenvalue weighted by atomic mass is 16.6. The number of nitro groups is 1. The van der Waals surface area contributed by atoms with Crippen LogP contribution in [0.5, 0.6) is 5.75 Å². The number of aromatic amines is 1. The molecular formula is C10H9N5O4. The number of anilines is 1. The van der Waals surface area contributed by atoms with Crippen LogP contribution in [0.25, 0.3) is 0 Å². The maximum absolute atomic E-state index is 11.7. The molecule has 2 aromatic rings. The predicted octanol–water partition coefficient (Wildman–Crippen LogP) is 0.974. The van der Waals surface area contributed by atoms with E-state index in [1.165, 1.54) is 31.6 Å². The summed E-state index contributed by atoms with van der Waals surface area (Å²) in [5.41, 5.74) is 0.0202. The quantitative estimate of drug-likeness (QED) is 0.625. The molecule has 0 aliphatic carbocycles. The lowest BCUT2D eigenvalue weighted by Gasteiger charge is -2.05. The first-order valence-corrected chi connectivity index (χ1v) is 5.11. The van der Waals surface area contributed by atoms with E-state index in [-0.39, 0.29) is 22.9 Å². The normalized spacial score (nSPS) is 9.95. The fourth-order valence-corrected chi connectivity index (χ4v) is 1.42. The zero-order valence-corrected chi connectivity index (χ0v) is 9.78. The summed E-state index contributed by atoms with van der Waals surface area (Å²) in [4.78, 5) is 25.6. The molecule has 19 heavy (non-hydrogen) atoms. The number of carbonyl (C=O) groups is 1. The maximum Gasteiger partial charge on any atom is 0.312 e. The third kappa shape index (κ3) is 2.65. The molecule has 0 spiro atoms. The van der Waals surface area contributed by atoms with E-state index >= 15 is 0 Å². The van der Waals surface area contributed by atoms with Crippen molar-refractivity contribution < 1.29 is 14.5 Å². The number of benzene rings is 1. The topological polar surface area (TPSA) is 123 Å². The van der Waals surface area contributed by atoms with Crippen LogP contribution in [0.15, 0.2) is 24.5 Å². The van der Waals surface area contributed by atoms with Crippen LogP contribution in [0.1, 0.15) is 10.6 Å². The number of nitrogens with one attached hydrogen (secondary N) is 2. The summed E-state index contributed by atoms with van der Waals surface area (Å²) in [5.74, 6) is -0.418. The number of hydrogen-bond donors (Lipinski definition) is 2. The van der Waals surface area contributed by atoms with Crippen molar-refractivity contribution in [3.05, 3.63) is 40.5 Å². The molecule has 0 bridgehead atoms. The van der Waals surface area contributed by atoms with Crippen molar-refractivity contribution >= 4 is 17.3 Å². The Labute approximate surface area is 106 Å². The van der Waals surface area contributed by atoms with E-state index in [4.69, 9.17) is 4.74 Å². The van der Waals surface area contributed by atoms with Crippen molar-refractivity contribution in [3.8, 4) is 5.75 Å². The van der Waals surface area contributed by atoms with Gasteiger partial charge in [-0.15, -0.1) is 0 Å². The molecule has 0 fully saturated rings. The van der Waals surface area contributed by atoms with Gasteiger partial charge in [0.25, 0.3) is 5.91 Å². The molecule has 2 N–H and O–H groups in total. The van der Waals surface area contributed by atoms with Gasteiger partial charge < -0.3 is 10.1 Å². The molecule has 1 amide bonds. The number of carbonyl (C=O) groups excluding carboxylic acids is 1. The Hall–Kier alpha value is -2.97. The van der Waals surface area contributed by atoms with Gasteiger partial charge in [-0.05, 0) is 12.1 Å². The summed E-state index contributed by atoms with van der Waals surface area (Å²) in [7, 11) is 1.33. The van der Waals surface area contributed by atoms with Gasteiger partial charge in [-0.25, -0.2) is 4.98 Å². The zero-order valence-electron chi connectivity index (χ0n) is 9.78. The fourth-order valence-electron chi connectivity index (χ4n) is 1.42. The SMILES string of the molecule is COc1ccc(NC(=O)c2ncn[nH]2)cc1[N+](=O)[O-]. The van der Waals surface area contributed by atoms with E-state index in [1.807, 2.05) is 0 Å². The van der Waals surface area contributed by atoms with Gasteiger partial charge in [0.1, 0.15) is 6.33 Å². The van der Waals surface area contributed by atoms with Crippen LogP contribution in [-0.2, 0) is 0 Å². The highest BCUT2D eigenvalue weighted by molar-refractivity contribution is 6.01. The largest absolute Gasteiger partial charge is 0.490 e. The van der Waals surface area contributed by atoms with Crippen molar-refractivity contribution in [1.29, 1.82) is 0 Å². The molecule has 0 saturated heterocycles. The summed E-state index contributed by atoms with van der Waals surface area (Å²) < 4.78 is 4.86. The van der Waals surface area contributed by atoms with Gasteiger partial charge in [0.2, 0.25) is 5.82 Å². The Morgan fingerprint density at radius 1 is 1.53 bits per heavy atom. The van der Waals surface area contributed by atoms with Gasteiger partial charge in [-0.3, -0.25) is 20.0 Å². The Morgan fingerprint density at radius 2 is 2.32 bits per heavy atom. The van der Waals surface area contributed by atoms with Crippen LogP contribution < -0.4 is 10.1 Å². The smallest absolute Gasteiger partial charge is 0.312 e. The number of H-pyrrole nitrogens is 1. The standard InChI is InChI=1S/C10H9N5O4/c1-19-8-3-2-6(4-7(8)15(17)18)13-10(16)9-11-5-12-14-9/h2-5H,1H3,(H,13,16)(H,11,12,14). The maximum atomic E-state index is 11.7. The lowest BCUT2D eigenvalue weighted by Crippen LogP contribution is -2.13. The summed E-state index contributed by atoms with van der Waals surface area (Å²) >= 11 is 0. The third-order valence-electron chi connectivity index (χ3n) is 2.26. The number of methoxy groups -OCH3 is 1. The van der Waals surface area contributed by atoms with Crippen molar-refractivity contribution in [2.75, 3.05) is 12.4 Å². The molecule has 0 unspecified atom stereocenters. The summed E-state index contributed by atoms with van der Waals surface area (Å²) in [6.07, 6.45) is 1.19. The zero-order chi connectivity index (χ0) is 13.8. The molecule has 1 heterocycles. The van der Waals surface area contributed by atoms with Crippen molar-refractivity contribution in [2.45, 2.75) is 0 Å². The minimum absolute atomic E-state index is 0.0125. The molecule has 0 radical (unpaired) electrons. The van der Waals surface area contributed by atoms with Crippen LogP contribution >= 0.6 is 0 Å². The van der Waals surface area contributed by atoms with E-state index in [9.17, 15) is 14.9 Å².